The Labute approximate surface area is 211 Å². The second kappa shape index (κ2) is 8.16. The molecule has 4 fully saturated rings. The smallest absolute Gasteiger partial charge is 0.177 e. The molecule has 9 aliphatic rings. The second-order valence-electron chi connectivity index (χ2n) is 13.6. The first-order valence-electron chi connectivity index (χ1n) is 15.2. The Morgan fingerprint density at radius 1 is 0.571 bits per heavy atom. The summed E-state index contributed by atoms with van der Waals surface area (Å²) < 4.78 is 27.7. The normalized spacial score (nSPS) is 49.4. The summed E-state index contributed by atoms with van der Waals surface area (Å²) in [5.74, 6) is 1.48. The lowest BCUT2D eigenvalue weighted by atomic mass is 9.61. The Morgan fingerprint density at radius 3 is 2.06 bits per heavy atom. The minimum absolute atomic E-state index is 0.138. The first-order chi connectivity index (χ1) is 17.2. The van der Waals surface area contributed by atoms with Crippen LogP contribution in [0.4, 0.5) is 0 Å². The molecule has 3 spiro atoms. The van der Waals surface area contributed by atoms with Crippen molar-refractivity contribution in [1.29, 1.82) is 0 Å². The summed E-state index contributed by atoms with van der Waals surface area (Å²) in [6.07, 6.45) is 20.8. The number of allylic oxidation sites excluding steroid dienone is 2. The highest BCUT2D eigenvalue weighted by Gasteiger charge is 2.61. The minimum Gasteiger partial charge on any atom is -0.348 e. The van der Waals surface area contributed by atoms with Gasteiger partial charge in [-0.1, -0.05) is 35.1 Å². The van der Waals surface area contributed by atoms with Gasteiger partial charge in [0.1, 0.15) is 0 Å². The van der Waals surface area contributed by atoms with E-state index in [1.807, 2.05) is 5.57 Å². The maximum absolute atomic E-state index is 6.94. The highest BCUT2D eigenvalue weighted by Crippen LogP contribution is 2.59. The highest BCUT2D eigenvalue weighted by atomic mass is 16.7. The lowest BCUT2D eigenvalue weighted by Crippen LogP contribution is -2.65. The van der Waals surface area contributed by atoms with Crippen LogP contribution in [0.25, 0.3) is 0 Å². The van der Waals surface area contributed by atoms with Crippen LogP contribution in [0.3, 0.4) is 0 Å². The van der Waals surface area contributed by atoms with Gasteiger partial charge < -0.3 is 18.9 Å². The second-order valence-corrected chi connectivity index (χ2v) is 13.6. The number of ether oxygens (including phenoxy) is 4. The van der Waals surface area contributed by atoms with Gasteiger partial charge in [0.15, 0.2) is 11.6 Å². The first kappa shape index (κ1) is 22.3. The minimum atomic E-state index is -0.374. The van der Waals surface area contributed by atoms with Gasteiger partial charge in [0.05, 0.1) is 31.8 Å². The summed E-state index contributed by atoms with van der Waals surface area (Å²) in [6, 6.07) is 0. The number of hydrogen-bond donors (Lipinski definition) is 0. The van der Waals surface area contributed by atoms with Crippen molar-refractivity contribution in [2.24, 2.45) is 29.1 Å². The van der Waals surface area contributed by atoms with Crippen LogP contribution >= 0.6 is 0 Å². The van der Waals surface area contributed by atoms with Crippen molar-refractivity contribution in [3.63, 3.8) is 0 Å². The van der Waals surface area contributed by atoms with E-state index in [0.29, 0.717) is 23.7 Å². The summed E-state index contributed by atoms with van der Waals surface area (Å²) >= 11 is 0. The molecule has 4 atom stereocenters. The quantitative estimate of drug-likeness (QED) is 0.356. The molecule has 2 heterocycles. The molecule has 4 nitrogen and oxygen atoms in total. The molecule has 2 unspecified atom stereocenters. The summed E-state index contributed by atoms with van der Waals surface area (Å²) in [5.41, 5.74) is 6.91. The van der Waals surface area contributed by atoms with E-state index in [1.54, 1.807) is 16.7 Å². The fraction of sp³-hybridized carbons (Fsp3) is 0.871. The van der Waals surface area contributed by atoms with Crippen LogP contribution in [-0.2, 0) is 18.9 Å². The Hall–Kier alpha value is -0.680. The van der Waals surface area contributed by atoms with E-state index in [1.165, 1.54) is 96.3 Å². The van der Waals surface area contributed by atoms with E-state index in [-0.39, 0.29) is 17.0 Å². The third kappa shape index (κ3) is 3.25. The van der Waals surface area contributed by atoms with Gasteiger partial charge in [-0.15, -0.1) is 0 Å². The van der Waals surface area contributed by atoms with Crippen molar-refractivity contribution >= 4 is 0 Å². The zero-order valence-electron chi connectivity index (χ0n) is 21.6. The zero-order valence-corrected chi connectivity index (χ0v) is 21.6. The van der Waals surface area contributed by atoms with Crippen molar-refractivity contribution < 1.29 is 18.9 Å². The third-order valence-corrected chi connectivity index (χ3v) is 11.7. The number of fused-ring (bicyclic) bond motifs is 3. The maximum Gasteiger partial charge on any atom is 0.177 e. The standard InChI is InChI=1S/C31H44O4/c1-2-11-25-21(7-1)15-23-9-6-14-28(25)31(23)34-19-29(20-35-31)17-32-30(33-18-29)16-22-8-5-13-27(30)26-12-4-3-10-24(22)26/h22-23,27-28H,1-20H2/t22-,23?,27?,28-,29?,30?,31?/m0/s1. The molecule has 0 amide bonds. The molecule has 2 saturated heterocycles. The maximum atomic E-state index is 6.94. The summed E-state index contributed by atoms with van der Waals surface area (Å²) in [7, 11) is 0. The molecule has 9 rings (SSSR count). The predicted molar refractivity (Wildman–Crippen MR) is 134 cm³/mol. The van der Waals surface area contributed by atoms with Crippen molar-refractivity contribution in [3.05, 3.63) is 22.3 Å². The van der Waals surface area contributed by atoms with Crippen LogP contribution in [0.15, 0.2) is 22.3 Å². The fourth-order valence-electron chi connectivity index (χ4n) is 9.96. The molecule has 4 heteroatoms. The van der Waals surface area contributed by atoms with Gasteiger partial charge >= 0.3 is 0 Å². The molecule has 0 aromatic rings. The Balaban J connectivity index is 1.01. The molecule has 7 aliphatic carbocycles. The van der Waals surface area contributed by atoms with Gasteiger partial charge in [-0.05, 0) is 89.4 Å². The molecular weight excluding hydrogens is 436 g/mol. The first-order valence-corrected chi connectivity index (χ1v) is 15.2. The van der Waals surface area contributed by atoms with Gasteiger partial charge in [0.2, 0.25) is 0 Å². The lowest BCUT2D eigenvalue weighted by Gasteiger charge is -2.60. The van der Waals surface area contributed by atoms with Crippen LogP contribution in [0.2, 0.25) is 0 Å². The van der Waals surface area contributed by atoms with Crippen molar-refractivity contribution in [2.75, 3.05) is 26.4 Å². The highest BCUT2D eigenvalue weighted by molar-refractivity contribution is 5.31. The van der Waals surface area contributed by atoms with Gasteiger partial charge in [0, 0.05) is 24.2 Å². The molecule has 2 saturated carbocycles. The van der Waals surface area contributed by atoms with Gasteiger partial charge in [-0.2, -0.15) is 0 Å². The SMILES string of the molecule is C1CCC2=C(C1)CC1CCC[C@@H]2C12OCC1(COC3(C[C@@H]4CCCC3C3=C4CCCC3)OC1)CO2. The topological polar surface area (TPSA) is 36.9 Å². The molecular formula is C31H44O4. The lowest BCUT2D eigenvalue weighted by molar-refractivity contribution is -0.400. The Morgan fingerprint density at radius 2 is 1.23 bits per heavy atom. The molecule has 0 aromatic heterocycles. The summed E-state index contributed by atoms with van der Waals surface area (Å²) in [5, 5.41) is 0. The van der Waals surface area contributed by atoms with Crippen molar-refractivity contribution in [2.45, 2.75) is 114 Å². The van der Waals surface area contributed by atoms with Gasteiger partial charge in [-0.3, -0.25) is 0 Å². The molecule has 0 radical (unpaired) electrons. The molecule has 0 aromatic carbocycles. The average molecular weight is 481 g/mol. The van der Waals surface area contributed by atoms with E-state index < -0.39 is 0 Å². The molecule has 2 aliphatic heterocycles. The van der Waals surface area contributed by atoms with Crippen LogP contribution in [0.5, 0.6) is 0 Å². The molecule has 4 bridgehead atoms. The van der Waals surface area contributed by atoms with E-state index in [2.05, 4.69) is 0 Å². The van der Waals surface area contributed by atoms with E-state index in [9.17, 15) is 0 Å². The van der Waals surface area contributed by atoms with Crippen LogP contribution in [-0.4, -0.2) is 38.0 Å². The number of hydrogen-bond acceptors (Lipinski definition) is 4. The molecule has 0 N–H and O–H groups in total. The third-order valence-electron chi connectivity index (χ3n) is 11.7. The largest absolute Gasteiger partial charge is 0.348 e. The van der Waals surface area contributed by atoms with Crippen LogP contribution < -0.4 is 0 Å². The van der Waals surface area contributed by atoms with E-state index >= 15 is 0 Å². The van der Waals surface area contributed by atoms with E-state index in [4.69, 9.17) is 18.9 Å². The monoisotopic (exact) mass is 480 g/mol. The predicted octanol–water partition coefficient (Wildman–Crippen LogP) is 6.84. The van der Waals surface area contributed by atoms with Crippen molar-refractivity contribution in [3.8, 4) is 0 Å². The Bertz CT molecular complexity index is 928. The van der Waals surface area contributed by atoms with Gasteiger partial charge in [0.25, 0.3) is 0 Å². The molecule has 192 valence electrons. The summed E-state index contributed by atoms with van der Waals surface area (Å²) in [6.45, 7) is 2.94. The summed E-state index contributed by atoms with van der Waals surface area (Å²) in [4.78, 5) is 0. The fourth-order valence-corrected chi connectivity index (χ4v) is 9.96. The average Bonchev–Trinajstić information content (AvgIpc) is 3.19. The number of rotatable bonds is 0. The van der Waals surface area contributed by atoms with Crippen LogP contribution in [0, 0.1) is 29.1 Å². The Kier molecular flexibility index (Phi) is 5.20. The zero-order chi connectivity index (χ0) is 23.1. The molecule has 35 heavy (non-hydrogen) atoms. The van der Waals surface area contributed by atoms with Crippen LogP contribution in [0.1, 0.15) is 103 Å². The van der Waals surface area contributed by atoms with E-state index in [0.717, 1.165) is 32.8 Å². The van der Waals surface area contributed by atoms with Crippen molar-refractivity contribution in [1.82, 2.24) is 0 Å². The van der Waals surface area contributed by atoms with Gasteiger partial charge in [-0.25, -0.2) is 0 Å².